The van der Waals surface area contributed by atoms with E-state index >= 15 is 0 Å². The molecule has 0 bridgehead atoms. The zero-order valence-corrected chi connectivity index (χ0v) is 10.2. The number of rotatable bonds is 7. The lowest BCUT2D eigenvalue weighted by molar-refractivity contribution is -0.118. The lowest BCUT2D eigenvalue weighted by Gasteiger charge is -2.09. The highest BCUT2D eigenvalue weighted by Crippen LogP contribution is 2.46. The molecule has 0 saturated heterocycles. The molecule has 1 unspecified atom stereocenters. The highest BCUT2D eigenvalue weighted by molar-refractivity contribution is 8.53. The van der Waals surface area contributed by atoms with Crippen molar-refractivity contribution in [1.82, 2.24) is 5.32 Å². The van der Waals surface area contributed by atoms with Gasteiger partial charge in [-0.2, -0.15) is 0 Å². The van der Waals surface area contributed by atoms with Crippen molar-refractivity contribution in [3.05, 3.63) is 0 Å². The molecule has 1 amide bonds. The molecule has 0 fully saturated rings. The van der Waals surface area contributed by atoms with Gasteiger partial charge >= 0.3 is 0 Å². The third-order valence-corrected chi connectivity index (χ3v) is 4.49. The highest BCUT2D eigenvalue weighted by Gasteiger charge is 2.01. The molecule has 3 nitrogen and oxygen atoms in total. The summed E-state index contributed by atoms with van der Waals surface area (Å²) in [6, 6.07) is 0. The van der Waals surface area contributed by atoms with Crippen LogP contribution in [0, 0.1) is 0 Å². The maximum Gasteiger partial charge on any atom is 0.216 e. The minimum Gasteiger partial charge on any atom is -0.356 e. The minimum absolute atomic E-state index is 0.0536. The van der Waals surface area contributed by atoms with Crippen LogP contribution in [0.5, 0.6) is 0 Å². The van der Waals surface area contributed by atoms with Crippen molar-refractivity contribution >= 4 is 24.7 Å². The van der Waals surface area contributed by atoms with E-state index in [1.54, 1.807) is 18.6 Å². The van der Waals surface area contributed by atoms with Crippen LogP contribution in [-0.4, -0.2) is 31.9 Å². The molecule has 0 heterocycles. The maximum absolute atomic E-state index is 10.5. The molecule has 0 rings (SSSR count). The topological polar surface area (TPSA) is 38.3 Å². The molecule has 0 aliphatic heterocycles. The summed E-state index contributed by atoms with van der Waals surface area (Å²) in [5.74, 6) is 0.0536. The van der Waals surface area contributed by atoms with Crippen molar-refractivity contribution in [2.45, 2.75) is 20.3 Å². The summed E-state index contributed by atoms with van der Waals surface area (Å²) >= 11 is 1.59. The van der Waals surface area contributed by atoms with Crippen LogP contribution in [0.15, 0.2) is 0 Å². The molecule has 0 aliphatic rings. The lowest BCUT2D eigenvalue weighted by Crippen LogP contribution is -2.21. The molecule has 78 valence electrons. The highest BCUT2D eigenvalue weighted by atomic mass is 32.7. The fourth-order valence-corrected chi connectivity index (χ4v) is 3.18. The Morgan fingerprint density at radius 2 is 2.31 bits per heavy atom. The van der Waals surface area contributed by atoms with Crippen molar-refractivity contribution in [2.75, 3.05) is 26.0 Å². The standard InChI is InChI=1S/C8H18NO2PS/c1-4-11-13-12(3)7-5-6-9-8(2)10/h4-7H2,1-3H3,(H,9,10). The van der Waals surface area contributed by atoms with E-state index in [4.69, 9.17) is 4.18 Å². The SMILES string of the molecule is CCOSP(C)CCCNC(C)=O. The molecular weight excluding hydrogens is 205 g/mol. The summed E-state index contributed by atoms with van der Waals surface area (Å²) in [7, 11) is -0.0742. The summed E-state index contributed by atoms with van der Waals surface area (Å²) in [4.78, 5) is 10.5. The van der Waals surface area contributed by atoms with E-state index < -0.39 is 0 Å². The number of amides is 1. The van der Waals surface area contributed by atoms with Crippen LogP contribution < -0.4 is 5.32 Å². The molecule has 13 heavy (non-hydrogen) atoms. The van der Waals surface area contributed by atoms with Crippen LogP contribution in [0.2, 0.25) is 0 Å². The summed E-state index contributed by atoms with van der Waals surface area (Å²) < 4.78 is 5.23. The van der Waals surface area contributed by atoms with Crippen molar-refractivity contribution in [2.24, 2.45) is 0 Å². The minimum atomic E-state index is -0.0742. The fraction of sp³-hybridized carbons (Fsp3) is 0.875. The Morgan fingerprint density at radius 3 is 2.85 bits per heavy atom. The van der Waals surface area contributed by atoms with Crippen LogP contribution in [0.1, 0.15) is 20.3 Å². The van der Waals surface area contributed by atoms with E-state index in [-0.39, 0.29) is 13.0 Å². The van der Waals surface area contributed by atoms with Crippen LogP contribution in [0.25, 0.3) is 0 Å². The van der Waals surface area contributed by atoms with Crippen LogP contribution in [0.4, 0.5) is 0 Å². The molecule has 0 aromatic heterocycles. The predicted molar refractivity (Wildman–Crippen MR) is 60.2 cm³/mol. The number of nitrogens with one attached hydrogen (secondary N) is 1. The average molecular weight is 223 g/mol. The number of hydrogen-bond donors (Lipinski definition) is 1. The Kier molecular flexibility index (Phi) is 8.93. The van der Waals surface area contributed by atoms with Crippen molar-refractivity contribution in [3.8, 4) is 0 Å². The van der Waals surface area contributed by atoms with Crippen LogP contribution >= 0.6 is 18.8 Å². The van der Waals surface area contributed by atoms with E-state index in [9.17, 15) is 4.79 Å². The van der Waals surface area contributed by atoms with Gasteiger partial charge in [-0.25, -0.2) is 0 Å². The van der Waals surface area contributed by atoms with Gasteiger partial charge in [0, 0.05) is 25.1 Å². The molecule has 1 atom stereocenters. The first-order chi connectivity index (χ1) is 6.16. The van der Waals surface area contributed by atoms with Gasteiger partial charge in [-0.1, -0.05) is 0 Å². The van der Waals surface area contributed by atoms with Gasteiger partial charge in [0.2, 0.25) is 5.91 Å². The second-order valence-electron chi connectivity index (χ2n) is 2.67. The Balaban J connectivity index is 3.16. The molecule has 0 radical (unpaired) electrons. The van der Waals surface area contributed by atoms with Gasteiger partial charge in [0.15, 0.2) is 0 Å². The maximum atomic E-state index is 10.5. The molecule has 1 N–H and O–H groups in total. The molecule has 0 aromatic carbocycles. The predicted octanol–water partition coefficient (Wildman–Crippen LogP) is 2.22. The molecule has 0 aromatic rings. The van der Waals surface area contributed by atoms with E-state index in [0.717, 1.165) is 25.7 Å². The third-order valence-electron chi connectivity index (χ3n) is 1.32. The van der Waals surface area contributed by atoms with E-state index in [1.807, 2.05) is 6.92 Å². The van der Waals surface area contributed by atoms with E-state index in [1.165, 1.54) is 0 Å². The third kappa shape index (κ3) is 10.1. The Bertz CT molecular complexity index is 146. The van der Waals surface area contributed by atoms with Gasteiger partial charge < -0.3 is 9.50 Å². The van der Waals surface area contributed by atoms with Gasteiger partial charge in [0.25, 0.3) is 0 Å². The first kappa shape index (κ1) is 13.2. The second kappa shape index (κ2) is 8.79. The lowest BCUT2D eigenvalue weighted by atomic mass is 10.5. The number of hydrogen-bond acceptors (Lipinski definition) is 3. The summed E-state index contributed by atoms with van der Waals surface area (Å²) in [5, 5.41) is 2.78. The summed E-state index contributed by atoms with van der Waals surface area (Å²) in [5.41, 5.74) is 0. The van der Waals surface area contributed by atoms with Gasteiger partial charge in [-0.05, 0) is 33.3 Å². The Hall–Kier alpha value is 0.210. The fourth-order valence-electron chi connectivity index (χ4n) is 0.746. The van der Waals surface area contributed by atoms with Crippen molar-refractivity contribution in [3.63, 3.8) is 0 Å². The zero-order chi connectivity index (χ0) is 10.1. The average Bonchev–Trinajstić information content (AvgIpc) is 2.08. The molecule has 0 aliphatic carbocycles. The number of carbonyl (C=O) groups excluding carboxylic acids is 1. The van der Waals surface area contributed by atoms with E-state index in [0.29, 0.717) is 0 Å². The first-order valence-electron chi connectivity index (χ1n) is 4.42. The van der Waals surface area contributed by atoms with Crippen molar-refractivity contribution in [1.29, 1.82) is 0 Å². The zero-order valence-electron chi connectivity index (χ0n) is 8.50. The molecular formula is C8H18NO2PS. The normalized spacial score (nSPS) is 12.5. The van der Waals surface area contributed by atoms with Crippen LogP contribution in [0.3, 0.4) is 0 Å². The summed E-state index contributed by atoms with van der Waals surface area (Å²) in [6.45, 7) is 7.29. The van der Waals surface area contributed by atoms with Crippen molar-refractivity contribution < 1.29 is 8.98 Å². The van der Waals surface area contributed by atoms with Gasteiger partial charge in [-0.15, -0.1) is 0 Å². The second-order valence-corrected chi connectivity index (χ2v) is 7.07. The smallest absolute Gasteiger partial charge is 0.216 e. The Morgan fingerprint density at radius 1 is 1.62 bits per heavy atom. The monoisotopic (exact) mass is 223 g/mol. The van der Waals surface area contributed by atoms with Gasteiger partial charge in [0.05, 0.1) is 6.61 Å². The van der Waals surface area contributed by atoms with E-state index in [2.05, 4.69) is 12.0 Å². The largest absolute Gasteiger partial charge is 0.356 e. The Labute approximate surface area is 85.7 Å². The quantitative estimate of drug-likeness (QED) is 0.408. The molecule has 0 saturated carbocycles. The molecule has 5 heteroatoms. The molecule has 0 spiro atoms. The number of carbonyl (C=O) groups is 1. The summed E-state index contributed by atoms with van der Waals surface area (Å²) in [6.07, 6.45) is 2.18. The van der Waals surface area contributed by atoms with Gasteiger partial charge in [-0.3, -0.25) is 4.79 Å². The van der Waals surface area contributed by atoms with Crippen LogP contribution in [-0.2, 0) is 8.98 Å². The van der Waals surface area contributed by atoms with Gasteiger partial charge in [0.1, 0.15) is 0 Å². The first-order valence-corrected chi connectivity index (χ1v) is 7.74.